The first-order chi connectivity index (χ1) is 31.0. The Kier molecular flexibility index (Phi) is 15.5. The molecule has 1 amide bonds. The van der Waals surface area contributed by atoms with E-state index in [1.807, 2.05) is 6.07 Å². The van der Waals surface area contributed by atoms with E-state index in [1.54, 1.807) is 35.2 Å². The van der Waals surface area contributed by atoms with E-state index in [4.69, 9.17) is 45.1 Å². The molecule has 2 aromatic heterocycles. The summed E-state index contributed by atoms with van der Waals surface area (Å²) in [5.41, 5.74) is 1.88. The van der Waals surface area contributed by atoms with Gasteiger partial charge in [0.25, 0.3) is 5.91 Å². The van der Waals surface area contributed by atoms with Crippen LogP contribution in [0, 0.1) is 0 Å². The van der Waals surface area contributed by atoms with Gasteiger partial charge in [0, 0.05) is 5.56 Å². The van der Waals surface area contributed by atoms with Gasteiger partial charge in [-0.25, -0.2) is 15.0 Å². The predicted octanol–water partition coefficient (Wildman–Crippen LogP) is 9.36. The first-order valence-electron chi connectivity index (χ1n) is 24.3. The number of carbonyl (C=O) groups excluding carboxylic acids is 1. The fraction of sp³-hybridized carbons (Fsp3) is 0.739. The number of aliphatic hydroxyl groups excluding tert-OH is 1. The van der Waals surface area contributed by atoms with Gasteiger partial charge in [0.1, 0.15) is 43.0 Å². The normalized spacial score (nSPS) is 29.8. The number of hydrogen-bond donors (Lipinski definition) is 2. The van der Waals surface area contributed by atoms with Crippen molar-refractivity contribution in [1.29, 1.82) is 0 Å². The zero-order valence-corrected chi connectivity index (χ0v) is 46.0. The molecule has 7 rings (SSSR count). The summed E-state index contributed by atoms with van der Waals surface area (Å²) < 4.78 is 67.1. The number of fused-ring (bicyclic) bond motifs is 3. The number of amides is 1. The second kappa shape index (κ2) is 19.8. The Morgan fingerprint density at radius 3 is 1.65 bits per heavy atom. The van der Waals surface area contributed by atoms with Gasteiger partial charge in [0.2, 0.25) is 0 Å². The third kappa shape index (κ3) is 9.03. The molecule has 16 nitrogen and oxygen atoms in total. The van der Waals surface area contributed by atoms with Crippen LogP contribution >= 0.6 is 0 Å². The number of nitrogens with one attached hydrogen (secondary N) is 1. The minimum atomic E-state index is -3.21. The van der Waals surface area contributed by atoms with Crippen LogP contribution in [-0.2, 0) is 40.1 Å². The van der Waals surface area contributed by atoms with E-state index >= 15 is 0 Å². The summed E-state index contributed by atoms with van der Waals surface area (Å²) in [5, 5.41) is 15.4. The van der Waals surface area contributed by atoms with Crippen LogP contribution in [0.4, 0.5) is 5.82 Å². The van der Waals surface area contributed by atoms with Crippen LogP contribution in [0.1, 0.15) is 127 Å². The van der Waals surface area contributed by atoms with Gasteiger partial charge >= 0.3 is 34.2 Å². The lowest BCUT2D eigenvalue weighted by atomic mass is 10.1. The Morgan fingerprint density at radius 2 is 1.15 bits per heavy atom. The molecule has 0 aliphatic carbocycles. The highest BCUT2D eigenvalue weighted by Gasteiger charge is 2.65. The third-order valence-corrected chi connectivity index (χ3v) is 34.9. The van der Waals surface area contributed by atoms with Gasteiger partial charge in [0.05, 0.1) is 19.5 Å². The van der Waals surface area contributed by atoms with Crippen molar-refractivity contribution in [1.82, 2.24) is 19.5 Å². The van der Waals surface area contributed by atoms with Crippen LogP contribution in [0.5, 0.6) is 0 Å². The van der Waals surface area contributed by atoms with Crippen molar-refractivity contribution in [3.8, 4) is 0 Å². The molecule has 20 heteroatoms. The van der Waals surface area contributed by atoms with Crippen LogP contribution in [0.3, 0.4) is 0 Å². The molecule has 3 aromatic rings. The van der Waals surface area contributed by atoms with Crippen LogP contribution in [-0.4, -0.2) is 121 Å². The second-order valence-electron chi connectivity index (χ2n) is 21.2. The van der Waals surface area contributed by atoms with Crippen molar-refractivity contribution in [3.05, 3.63) is 48.5 Å². The SMILES string of the molecule is CC(C)[Si]1(C(C)C)OC[C@H]2O[C@H](O[C@@H]3[C@@H]4O[Si](C(C)C)(C(C)C)O[Si](C(C)C)(C(C)C)OC[C@H]4O[C@H]3n3cnc4c(NC(=O)c5ccccc5)ncnc43)[C@H](O)[C@@H]2O[Si](C(C)C)(C(C)C)O1. The van der Waals surface area contributed by atoms with Gasteiger partial charge in [0.15, 0.2) is 29.5 Å². The Morgan fingerprint density at radius 1 is 0.667 bits per heavy atom. The summed E-state index contributed by atoms with van der Waals surface area (Å²) in [6, 6.07) is 8.93. The van der Waals surface area contributed by atoms with Crippen molar-refractivity contribution in [2.24, 2.45) is 0 Å². The highest BCUT2D eigenvalue weighted by molar-refractivity contribution is 6.84. The Balaban J connectivity index is 1.32. The lowest BCUT2D eigenvalue weighted by molar-refractivity contribution is -0.218. The van der Waals surface area contributed by atoms with Gasteiger partial charge in [-0.2, -0.15) is 0 Å². The maximum atomic E-state index is 13.4. The summed E-state index contributed by atoms with van der Waals surface area (Å²) in [5.74, 6) is -0.0897. The molecule has 368 valence electrons. The van der Waals surface area contributed by atoms with Crippen LogP contribution in [0.25, 0.3) is 11.2 Å². The molecule has 4 fully saturated rings. The topological polar surface area (TPSA) is 176 Å². The van der Waals surface area contributed by atoms with Gasteiger partial charge < -0.3 is 50.6 Å². The number of aliphatic hydroxyl groups is 1. The van der Waals surface area contributed by atoms with Crippen molar-refractivity contribution < 1.29 is 50.0 Å². The molecule has 66 heavy (non-hydrogen) atoms. The van der Waals surface area contributed by atoms with Crippen molar-refractivity contribution in [2.75, 3.05) is 18.5 Å². The highest BCUT2D eigenvalue weighted by Crippen LogP contribution is 2.51. The number of anilines is 1. The standard InChI is InChI=1S/C46H77N5O11Si4/c1-26(2)63(27(3)4)54-22-35-39(59-65(61-63,30(9)10)31(11)12)38(52)46(57-35)58-41-40-36(23-55-64(28(5)6,29(7)8)62-66(60-40,32(13)14)33(15)16)56-45(41)51-25-49-37-42(47-24-48-43(37)51)50-44(53)34-20-18-17-19-21-34/h17-21,24-33,35-36,38-41,45-46,52H,22-23H2,1-16H3,(H,47,48,50,53)/t35-,36-,38-,39-,40-,41-,45-,46-/m1/s1. The van der Waals surface area contributed by atoms with Gasteiger partial charge in [-0.05, 0) is 56.5 Å². The molecule has 4 aliphatic rings. The summed E-state index contributed by atoms with van der Waals surface area (Å²) in [6.07, 6.45) is -4.01. The lowest BCUT2D eigenvalue weighted by Crippen LogP contribution is -2.66. The minimum absolute atomic E-state index is 0.0206. The Labute approximate surface area is 396 Å². The van der Waals surface area contributed by atoms with E-state index in [-0.39, 0.29) is 69.3 Å². The Bertz CT molecular complexity index is 2100. The Hall–Kier alpha value is -2.29. The van der Waals surface area contributed by atoms with E-state index in [9.17, 15) is 9.90 Å². The predicted molar refractivity (Wildman–Crippen MR) is 261 cm³/mol. The maximum absolute atomic E-state index is 13.4. The van der Waals surface area contributed by atoms with E-state index in [0.717, 1.165) is 0 Å². The molecule has 0 saturated carbocycles. The van der Waals surface area contributed by atoms with Crippen LogP contribution in [0.15, 0.2) is 43.0 Å². The summed E-state index contributed by atoms with van der Waals surface area (Å²) in [7, 11) is -12.2. The maximum Gasteiger partial charge on any atom is 0.335 e. The number of imidazole rings is 1. The summed E-state index contributed by atoms with van der Waals surface area (Å²) >= 11 is 0. The van der Waals surface area contributed by atoms with E-state index in [0.29, 0.717) is 16.7 Å². The van der Waals surface area contributed by atoms with E-state index in [2.05, 4.69) is 126 Å². The van der Waals surface area contributed by atoms with Crippen LogP contribution < -0.4 is 5.32 Å². The van der Waals surface area contributed by atoms with Crippen molar-refractivity contribution in [3.63, 3.8) is 0 Å². The van der Waals surface area contributed by atoms with Gasteiger partial charge in [-0.15, -0.1) is 0 Å². The summed E-state index contributed by atoms with van der Waals surface area (Å²) in [6.45, 7) is 35.1. The second-order valence-corrected chi connectivity index (χ2v) is 38.9. The van der Waals surface area contributed by atoms with Gasteiger partial charge in [-0.1, -0.05) is 129 Å². The largest absolute Gasteiger partial charge is 0.414 e. The average molecular weight is 988 g/mol. The quantitative estimate of drug-likeness (QED) is 0.155. The molecule has 1 aromatic carbocycles. The molecular weight excluding hydrogens is 911 g/mol. The number of carbonyl (C=O) groups is 1. The average Bonchev–Trinajstić information content (AvgIpc) is 3.90. The lowest BCUT2D eigenvalue weighted by Gasteiger charge is -2.51. The molecule has 4 aliphatic heterocycles. The number of rotatable bonds is 13. The molecule has 6 heterocycles. The first kappa shape index (κ1) is 51.6. The minimum Gasteiger partial charge on any atom is -0.414 e. The molecule has 4 saturated heterocycles. The zero-order valence-electron chi connectivity index (χ0n) is 42.0. The number of benzene rings is 1. The number of nitrogens with zero attached hydrogens (tertiary/aromatic N) is 4. The van der Waals surface area contributed by atoms with Crippen molar-refractivity contribution in [2.45, 2.75) is 204 Å². The van der Waals surface area contributed by atoms with E-state index in [1.165, 1.54) is 6.33 Å². The highest BCUT2D eigenvalue weighted by atomic mass is 28.5. The molecule has 0 spiro atoms. The number of ether oxygens (including phenoxy) is 3. The third-order valence-electron chi connectivity index (χ3n) is 14.4. The zero-order chi connectivity index (χ0) is 48.3. The first-order valence-corrected chi connectivity index (χ1v) is 32.2. The van der Waals surface area contributed by atoms with E-state index < -0.39 is 83.4 Å². The number of hydrogen-bond acceptors (Lipinski definition) is 14. The molecule has 8 atom stereocenters. The fourth-order valence-electron chi connectivity index (χ4n) is 10.8. The van der Waals surface area contributed by atoms with Crippen molar-refractivity contribution >= 4 is 57.1 Å². The molecular formula is C46H77N5O11Si4. The number of aromatic nitrogens is 4. The monoisotopic (exact) mass is 987 g/mol. The smallest absolute Gasteiger partial charge is 0.335 e. The van der Waals surface area contributed by atoms with Crippen LogP contribution in [0.2, 0.25) is 44.3 Å². The summed E-state index contributed by atoms with van der Waals surface area (Å²) in [4.78, 5) is 27.2. The molecule has 0 bridgehead atoms. The molecule has 0 unspecified atom stereocenters. The fourth-order valence-corrected chi connectivity index (χ4v) is 33.2. The molecule has 0 radical (unpaired) electrons. The van der Waals surface area contributed by atoms with Gasteiger partial charge in [-0.3, -0.25) is 9.36 Å². The molecule has 2 N–H and O–H groups in total.